The van der Waals surface area contributed by atoms with Crippen LogP contribution >= 0.6 is 0 Å². The lowest BCUT2D eigenvalue weighted by atomic mass is 10.1. The van der Waals surface area contributed by atoms with Crippen molar-refractivity contribution < 1.29 is 0 Å². The molecule has 1 aromatic carbocycles. The predicted molar refractivity (Wildman–Crippen MR) is 96.6 cm³/mol. The number of hydrazine groups is 1. The molecule has 0 unspecified atom stereocenters. The fraction of sp³-hybridized carbons (Fsp3) is 0.667. The Kier molecular flexibility index (Phi) is 13.4. The van der Waals surface area contributed by atoms with E-state index in [9.17, 15) is 0 Å². The number of rotatable bonds is 15. The lowest BCUT2D eigenvalue weighted by Gasteiger charge is -2.05. The van der Waals surface area contributed by atoms with Crippen molar-refractivity contribution in [3.63, 3.8) is 0 Å². The van der Waals surface area contributed by atoms with E-state index in [0.717, 1.165) is 19.6 Å². The smallest absolute Gasteiger partial charge is 0.161 e. The molecule has 0 aliphatic carbocycles. The summed E-state index contributed by atoms with van der Waals surface area (Å²) in [6.07, 6.45) is 12.2. The topological polar surface area (TPSA) is 36.1 Å². The highest BCUT2D eigenvalue weighted by Crippen LogP contribution is 2.09. The van der Waals surface area contributed by atoms with Crippen molar-refractivity contribution in [2.45, 2.75) is 64.3 Å². The third kappa shape index (κ3) is 11.9. The fourth-order valence-electron chi connectivity index (χ4n) is 2.59. The molecule has 0 heterocycles. The first-order valence-corrected chi connectivity index (χ1v) is 9.32. The Morgan fingerprint density at radius 3 is 1.82 bits per heavy atom. The Morgan fingerprint density at radius 1 is 0.682 bits per heavy atom. The van der Waals surface area contributed by atoms with Crippen LogP contribution in [0.15, 0.2) is 30.3 Å². The summed E-state index contributed by atoms with van der Waals surface area (Å²) in [5.41, 5.74) is 4.43. The minimum atomic E-state index is 1.00. The molecule has 0 aromatic heterocycles. The summed E-state index contributed by atoms with van der Waals surface area (Å²) in [4.78, 5) is 0. The second kappa shape index (κ2) is 15.2. The van der Waals surface area contributed by atoms with Crippen LogP contribution < -0.4 is 15.8 Å². The van der Waals surface area contributed by atoms with E-state index in [2.05, 4.69) is 56.6 Å². The van der Waals surface area contributed by atoms with Gasteiger partial charge in [0.25, 0.3) is 0 Å². The van der Waals surface area contributed by atoms with Crippen molar-refractivity contribution in [3.8, 4) is 0 Å². The third-order valence-electron chi connectivity index (χ3n) is 3.92. The number of hydrogen-bond donors (Lipinski definition) is 3. The summed E-state index contributed by atoms with van der Waals surface area (Å²) < 4.78 is 0. The zero-order valence-electron chi connectivity index (χ0n) is 13.9. The van der Waals surface area contributed by atoms with Crippen molar-refractivity contribution in [2.24, 2.45) is 0 Å². The maximum absolute atomic E-state index is 3.52. The zero-order chi connectivity index (χ0) is 15.7. The summed E-state index contributed by atoms with van der Waals surface area (Å²) >= 11 is 0. The molecular formula is C18H32N3Si. The Hall–Kier alpha value is -0.683. The summed E-state index contributed by atoms with van der Waals surface area (Å²) in [7, 11) is 3.17. The lowest BCUT2D eigenvalue weighted by Crippen LogP contribution is -2.29. The standard InChI is InChI=1S/C18H32N3Si/c22-21-20-16-12-7-5-3-1-2-4-6-11-15-19-17-18-13-9-8-10-14-18/h8-10,13-14,19-21H,1-7,11-12,15-17H2. The highest BCUT2D eigenvalue weighted by molar-refractivity contribution is 6.03. The maximum atomic E-state index is 3.52. The Bertz CT molecular complexity index is 332. The van der Waals surface area contributed by atoms with Crippen LogP contribution in [0.5, 0.6) is 0 Å². The van der Waals surface area contributed by atoms with Crippen molar-refractivity contribution in [1.29, 1.82) is 0 Å². The minimum absolute atomic E-state index is 1.00. The normalized spacial score (nSPS) is 11.0. The summed E-state index contributed by atoms with van der Waals surface area (Å²) in [5, 5.41) is 6.29. The minimum Gasteiger partial charge on any atom is -0.313 e. The van der Waals surface area contributed by atoms with E-state index < -0.39 is 0 Å². The summed E-state index contributed by atoms with van der Waals surface area (Å²) in [6.45, 7) is 3.18. The Labute approximate surface area is 140 Å². The monoisotopic (exact) mass is 318 g/mol. The Morgan fingerprint density at radius 2 is 1.23 bits per heavy atom. The number of unbranched alkanes of at least 4 members (excludes halogenated alkanes) is 8. The molecule has 123 valence electrons. The van der Waals surface area contributed by atoms with Crippen molar-refractivity contribution in [3.05, 3.63) is 35.9 Å². The first-order valence-electron chi connectivity index (χ1n) is 8.82. The molecule has 0 saturated carbocycles. The van der Waals surface area contributed by atoms with Crippen LogP contribution in [0.3, 0.4) is 0 Å². The molecule has 0 fully saturated rings. The van der Waals surface area contributed by atoms with Crippen molar-refractivity contribution >= 4 is 10.4 Å². The molecule has 3 N–H and O–H groups in total. The van der Waals surface area contributed by atoms with Gasteiger partial charge in [0.05, 0.1) is 0 Å². The molecule has 3 nitrogen and oxygen atoms in total. The number of nitrogens with one attached hydrogen (secondary N) is 3. The van der Waals surface area contributed by atoms with E-state index in [1.165, 1.54) is 63.4 Å². The molecule has 0 aliphatic rings. The van der Waals surface area contributed by atoms with E-state index in [1.807, 2.05) is 0 Å². The number of benzene rings is 1. The Balaban J connectivity index is 1.73. The van der Waals surface area contributed by atoms with Crippen LogP contribution in [-0.2, 0) is 6.54 Å². The predicted octanol–water partition coefficient (Wildman–Crippen LogP) is 3.46. The van der Waals surface area contributed by atoms with Gasteiger partial charge in [-0.25, -0.2) is 0 Å². The molecule has 1 rings (SSSR count). The van der Waals surface area contributed by atoms with Gasteiger partial charge in [-0.3, -0.25) is 10.5 Å². The van der Waals surface area contributed by atoms with E-state index in [0.29, 0.717) is 0 Å². The van der Waals surface area contributed by atoms with Crippen LogP contribution in [0.2, 0.25) is 0 Å². The van der Waals surface area contributed by atoms with Gasteiger partial charge in [-0.15, -0.1) is 0 Å². The van der Waals surface area contributed by atoms with Crippen LogP contribution in [0.4, 0.5) is 0 Å². The molecular weight excluding hydrogens is 286 g/mol. The van der Waals surface area contributed by atoms with Gasteiger partial charge in [-0.1, -0.05) is 75.3 Å². The second-order valence-electron chi connectivity index (χ2n) is 5.90. The van der Waals surface area contributed by atoms with E-state index >= 15 is 0 Å². The van der Waals surface area contributed by atoms with Crippen LogP contribution in [-0.4, -0.2) is 23.5 Å². The maximum Gasteiger partial charge on any atom is 0.161 e. The zero-order valence-corrected chi connectivity index (χ0v) is 14.9. The average molecular weight is 319 g/mol. The van der Waals surface area contributed by atoms with E-state index in [1.54, 1.807) is 0 Å². The van der Waals surface area contributed by atoms with Gasteiger partial charge in [0.2, 0.25) is 0 Å². The molecule has 0 saturated heterocycles. The summed E-state index contributed by atoms with van der Waals surface area (Å²) in [6, 6.07) is 10.6. The molecule has 0 spiro atoms. The molecule has 0 amide bonds. The molecule has 22 heavy (non-hydrogen) atoms. The first-order chi connectivity index (χ1) is 10.9. The molecule has 0 aliphatic heterocycles. The largest absolute Gasteiger partial charge is 0.313 e. The third-order valence-corrected chi connectivity index (χ3v) is 4.09. The van der Waals surface area contributed by atoms with Gasteiger partial charge in [0.15, 0.2) is 10.4 Å². The molecule has 0 bridgehead atoms. The fourth-order valence-corrected chi connectivity index (χ4v) is 2.72. The van der Waals surface area contributed by atoms with Gasteiger partial charge in [-0.05, 0) is 24.9 Å². The first kappa shape index (κ1) is 19.4. The van der Waals surface area contributed by atoms with Gasteiger partial charge in [-0.2, -0.15) is 0 Å². The molecule has 0 atom stereocenters. The van der Waals surface area contributed by atoms with Crippen LogP contribution in [0.1, 0.15) is 63.4 Å². The lowest BCUT2D eigenvalue weighted by molar-refractivity contribution is 0.534. The van der Waals surface area contributed by atoms with Crippen LogP contribution in [0, 0.1) is 0 Å². The highest BCUT2D eigenvalue weighted by Gasteiger charge is 1.94. The van der Waals surface area contributed by atoms with Gasteiger partial charge >= 0.3 is 0 Å². The van der Waals surface area contributed by atoms with Crippen LogP contribution in [0.25, 0.3) is 0 Å². The molecule has 4 heteroatoms. The van der Waals surface area contributed by atoms with E-state index in [-0.39, 0.29) is 0 Å². The van der Waals surface area contributed by atoms with Gasteiger partial charge in [0, 0.05) is 13.1 Å². The van der Waals surface area contributed by atoms with Gasteiger partial charge < -0.3 is 5.32 Å². The van der Waals surface area contributed by atoms with E-state index in [4.69, 9.17) is 0 Å². The summed E-state index contributed by atoms with van der Waals surface area (Å²) in [5.74, 6) is 0. The number of hydrogen-bond acceptors (Lipinski definition) is 3. The van der Waals surface area contributed by atoms with Crippen molar-refractivity contribution in [1.82, 2.24) is 15.8 Å². The molecule has 1 aromatic rings. The van der Waals surface area contributed by atoms with Crippen molar-refractivity contribution in [2.75, 3.05) is 13.1 Å². The molecule has 3 radical (unpaired) electrons. The van der Waals surface area contributed by atoms with Gasteiger partial charge in [0.1, 0.15) is 0 Å². The highest BCUT2D eigenvalue weighted by atomic mass is 28.2. The quantitative estimate of drug-likeness (QED) is 0.263. The second-order valence-corrected chi connectivity index (χ2v) is 6.15. The average Bonchev–Trinajstić information content (AvgIpc) is 2.56. The SMILES string of the molecule is [Si]NNCCCCCCCCCCCNCc1ccccc1.